The molecule has 0 aliphatic carbocycles. The van der Waals surface area contributed by atoms with Crippen LogP contribution in [0.5, 0.6) is 11.5 Å². The lowest BCUT2D eigenvalue weighted by Gasteiger charge is -2.21. The van der Waals surface area contributed by atoms with Gasteiger partial charge in [-0.2, -0.15) is 5.26 Å². The summed E-state index contributed by atoms with van der Waals surface area (Å²) in [5.41, 5.74) is 2.01. The van der Waals surface area contributed by atoms with E-state index >= 15 is 0 Å². The number of esters is 1. The lowest BCUT2D eigenvalue weighted by Crippen LogP contribution is -2.26. The Hall–Kier alpha value is -2.75. The number of carbonyl (C=O) groups is 1. The molecule has 1 aliphatic rings. The minimum absolute atomic E-state index is 0.0167. The molecule has 7 heteroatoms. The van der Waals surface area contributed by atoms with E-state index in [9.17, 15) is 4.79 Å². The summed E-state index contributed by atoms with van der Waals surface area (Å²) in [6.45, 7) is 2.16. The quantitative estimate of drug-likeness (QED) is 0.745. The Bertz CT molecular complexity index is 844. The highest BCUT2D eigenvalue weighted by molar-refractivity contribution is 6.30. The fourth-order valence-electron chi connectivity index (χ4n) is 2.49. The fraction of sp³-hybridized carbons (Fsp3) is 0.263. The predicted molar refractivity (Wildman–Crippen MR) is 92.8 cm³/mol. The van der Waals surface area contributed by atoms with E-state index in [-0.39, 0.29) is 13.4 Å². The van der Waals surface area contributed by atoms with Crippen LogP contribution in [0.25, 0.3) is 0 Å². The summed E-state index contributed by atoms with van der Waals surface area (Å²) in [6.07, 6.45) is -0.804. The Morgan fingerprint density at radius 2 is 2.12 bits per heavy atom. The van der Waals surface area contributed by atoms with Crippen LogP contribution in [0.4, 0.5) is 0 Å². The molecular formula is C19H16ClNO5. The molecule has 2 aromatic carbocycles. The molecule has 0 radical (unpaired) electrons. The monoisotopic (exact) mass is 373 g/mol. The number of hydrogen-bond acceptors (Lipinski definition) is 6. The lowest BCUT2D eigenvalue weighted by atomic mass is 10.1. The molecule has 0 bridgehead atoms. The maximum atomic E-state index is 12.2. The van der Waals surface area contributed by atoms with Crippen LogP contribution in [0.15, 0.2) is 36.4 Å². The van der Waals surface area contributed by atoms with Crippen molar-refractivity contribution in [3.63, 3.8) is 0 Å². The van der Waals surface area contributed by atoms with Gasteiger partial charge in [-0.05, 0) is 43.3 Å². The van der Waals surface area contributed by atoms with Gasteiger partial charge in [0.25, 0.3) is 0 Å². The highest BCUT2D eigenvalue weighted by atomic mass is 35.5. The Morgan fingerprint density at radius 3 is 2.85 bits per heavy atom. The van der Waals surface area contributed by atoms with Crippen molar-refractivity contribution in [2.24, 2.45) is 0 Å². The van der Waals surface area contributed by atoms with Crippen LogP contribution in [-0.4, -0.2) is 18.9 Å². The topological polar surface area (TPSA) is 77.8 Å². The van der Waals surface area contributed by atoms with E-state index in [1.807, 2.05) is 6.07 Å². The zero-order chi connectivity index (χ0) is 18.5. The van der Waals surface area contributed by atoms with E-state index in [2.05, 4.69) is 0 Å². The van der Waals surface area contributed by atoms with E-state index in [0.717, 1.165) is 5.56 Å². The standard InChI is InChI=1S/C19H16ClNO5/c1-12(26-17-4-2-13(8-21)3-5-17)19(22)24-10-15-7-16(20)6-14-9-23-11-25-18(14)15/h2-7,12H,9-11H2,1H3. The van der Waals surface area contributed by atoms with Crippen molar-refractivity contribution < 1.29 is 23.7 Å². The van der Waals surface area contributed by atoms with Crippen molar-refractivity contribution in [1.29, 1.82) is 5.26 Å². The van der Waals surface area contributed by atoms with Gasteiger partial charge in [-0.25, -0.2) is 4.79 Å². The molecular weight excluding hydrogens is 358 g/mol. The highest BCUT2D eigenvalue weighted by Gasteiger charge is 2.20. The number of fused-ring (bicyclic) bond motifs is 1. The summed E-state index contributed by atoms with van der Waals surface area (Å²) in [4.78, 5) is 12.2. The van der Waals surface area contributed by atoms with Gasteiger partial charge in [-0.1, -0.05) is 11.6 Å². The van der Waals surface area contributed by atoms with Crippen LogP contribution in [0, 0.1) is 11.3 Å². The molecule has 1 aliphatic heterocycles. The second-order valence-electron chi connectivity index (χ2n) is 5.67. The third-order valence-electron chi connectivity index (χ3n) is 3.75. The molecule has 0 amide bonds. The normalized spacial score (nSPS) is 13.7. The number of halogens is 1. The molecule has 1 unspecified atom stereocenters. The Kier molecular flexibility index (Phi) is 5.61. The van der Waals surface area contributed by atoms with Crippen molar-refractivity contribution in [1.82, 2.24) is 0 Å². The van der Waals surface area contributed by atoms with Crippen LogP contribution in [-0.2, 0) is 27.5 Å². The van der Waals surface area contributed by atoms with Crippen molar-refractivity contribution >= 4 is 17.6 Å². The number of rotatable bonds is 5. The number of carbonyl (C=O) groups excluding carboxylic acids is 1. The average molecular weight is 374 g/mol. The van der Waals surface area contributed by atoms with Crippen LogP contribution < -0.4 is 9.47 Å². The number of nitrogens with zero attached hydrogens (tertiary/aromatic N) is 1. The van der Waals surface area contributed by atoms with E-state index in [0.29, 0.717) is 34.3 Å². The van der Waals surface area contributed by atoms with Crippen molar-refractivity contribution in [3.05, 3.63) is 58.1 Å². The summed E-state index contributed by atoms with van der Waals surface area (Å²) in [6, 6.07) is 12.0. The fourth-order valence-corrected chi connectivity index (χ4v) is 2.75. The third kappa shape index (κ3) is 4.26. The molecule has 0 spiro atoms. The Balaban J connectivity index is 1.61. The molecule has 6 nitrogen and oxygen atoms in total. The van der Waals surface area contributed by atoms with Crippen molar-refractivity contribution in [2.75, 3.05) is 6.79 Å². The second kappa shape index (κ2) is 8.09. The first-order chi connectivity index (χ1) is 12.6. The van der Waals surface area contributed by atoms with Gasteiger partial charge in [0.05, 0.1) is 18.2 Å². The van der Waals surface area contributed by atoms with Gasteiger partial charge in [0, 0.05) is 16.1 Å². The summed E-state index contributed by atoms with van der Waals surface area (Å²) in [7, 11) is 0. The van der Waals surface area contributed by atoms with Gasteiger partial charge in [0.15, 0.2) is 12.9 Å². The first-order valence-electron chi connectivity index (χ1n) is 7.92. The SMILES string of the molecule is CC(Oc1ccc(C#N)cc1)C(=O)OCc1cc(Cl)cc2c1OCOC2. The summed E-state index contributed by atoms with van der Waals surface area (Å²) in [5.74, 6) is 0.596. The third-order valence-corrected chi connectivity index (χ3v) is 3.97. The molecule has 0 saturated carbocycles. The first-order valence-corrected chi connectivity index (χ1v) is 8.30. The van der Waals surface area contributed by atoms with Crippen LogP contribution in [0.3, 0.4) is 0 Å². The van der Waals surface area contributed by atoms with Crippen LogP contribution >= 0.6 is 11.6 Å². The maximum Gasteiger partial charge on any atom is 0.347 e. The van der Waals surface area contributed by atoms with Crippen LogP contribution in [0.2, 0.25) is 5.02 Å². The highest BCUT2D eigenvalue weighted by Crippen LogP contribution is 2.32. The Morgan fingerprint density at radius 1 is 1.35 bits per heavy atom. The van der Waals surface area contributed by atoms with Crippen LogP contribution in [0.1, 0.15) is 23.6 Å². The lowest BCUT2D eigenvalue weighted by molar-refractivity contribution is -0.152. The largest absolute Gasteiger partial charge is 0.479 e. The van der Waals surface area contributed by atoms with Gasteiger partial charge in [0.2, 0.25) is 0 Å². The first kappa shape index (κ1) is 18.1. The number of hydrogen-bond donors (Lipinski definition) is 0. The van der Waals surface area contributed by atoms with Gasteiger partial charge in [-0.15, -0.1) is 0 Å². The van der Waals surface area contributed by atoms with Gasteiger partial charge in [-0.3, -0.25) is 0 Å². The zero-order valence-corrected chi connectivity index (χ0v) is 14.8. The molecule has 26 heavy (non-hydrogen) atoms. The van der Waals surface area contributed by atoms with E-state index in [1.54, 1.807) is 43.3 Å². The van der Waals surface area contributed by atoms with E-state index in [4.69, 9.17) is 35.8 Å². The molecule has 1 atom stereocenters. The number of ether oxygens (including phenoxy) is 4. The second-order valence-corrected chi connectivity index (χ2v) is 6.10. The van der Waals surface area contributed by atoms with Crippen molar-refractivity contribution in [3.8, 4) is 17.6 Å². The molecule has 3 rings (SSSR count). The molecule has 0 N–H and O–H groups in total. The molecule has 1 heterocycles. The molecule has 134 valence electrons. The van der Waals surface area contributed by atoms with E-state index in [1.165, 1.54) is 0 Å². The van der Waals surface area contributed by atoms with E-state index < -0.39 is 12.1 Å². The average Bonchev–Trinajstić information content (AvgIpc) is 2.66. The summed E-state index contributed by atoms with van der Waals surface area (Å²) >= 11 is 6.09. The molecule has 2 aromatic rings. The summed E-state index contributed by atoms with van der Waals surface area (Å²) < 4.78 is 21.6. The molecule has 0 saturated heterocycles. The number of nitriles is 1. The molecule has 0 aromatic heterocycles. The number of benzene rings is 2. The van der Waals surface area contributed by atoms with Gasteiger partial charge < -0.3 is 18.9 Å². The van der Waals surface area contributed by atoms with Crippen molar-refractivity contribution in [2.45, 2.75) is 26.2 Å². The Labute approximate surface area is 155 Å². The van der Waals surface area contributed by atoms with Gasteiger partial charge >= 0.3 is 5.97 Å². The minimum atomic E-state index is -0.804. The molecule has 0 fully saturated rings. The maximum absolute atomic E-state index is 12.2. The van der Waals surface area contributed by atoms with Gasteiger partial charge in [0.1, 0.15) is 18.1 Å². The summed E-state index contributed by atoms with van der Waals surface area (Å²) in [5, 5.41) is 9.31. The minimum Gasteiger partial charge on any atom is -0.479 e. The predicted octanol–water partition coefficient (Wildman–Crippen LogP) is 3.59. The zero-order valence-electron chi connectivity index (χ0n) is 14.0. The smallest absolute Gasteiger partial charge is 0.347 e.